The van der Waals surface area contributed by atoms with Crippen molar-refractivity contribution < 1.29 is 4.21 Å². The van der Waals surface area contributed by atoms with E-state index in [-0.39, 0.29) is 5.82 Å². The lowest BCUT2D eigenvalue weighted by Crippen LogP contribution is -2.08. The second-order valence-corrected chi connectivity index (χ2v) is 5.45. The van der Waals surface area contributed by atoms with Crippen LogP contribution in [-0.4, -0.2) is 24.7 Å². The Labute approximate surface area is 111 Å². The van der Waals surface area contributed by atoms with E-state index in [9.17, 15) is 4.21 Å². The smallest absolute Gasteiger partial charge is 0.252 e. The monoisotopic (exact) mass is 280 g/mol. The van der Waals surface area contributed by atoms with Gasteiger partial charge in [-0.3, -0.25) is 8.89 Å². The molecule has 0 saturated carbocycles. The molecule has 1 aromatic carbocycles. The maximum Gasteiger partial charge on any atom is 0.252 e. The molecule has 1 heterocycles. The molecule has 0 aliphatic carbocycles. The summed E-state index contributed by atoms with van der Waals surface area (Å²) in [5.41, 5.74) is 0. The molecular formula is C11H9ClN4OS. The average Bonchev–Trinajstić information content (AvgIpc) is 2.85. The Balaban J connectivity index is 1.96. The predicted octanol–water partition coefficient (Wildman–Crippen LogP) is 1.61. The van der Waals surface area contributed by atoms with Crippen LogP contribution in [0.1, 0.15) is 5.82 Å². The summed E-state index contributed by atoms with van der Waals surface area (Å²) < 4.78 is 13.5. The molecule has 18 heavy (non-hydrogen) atoms. The van der Waals surface area contributed by atoms with Gasteiger partial charge in [0.1, 0.15) is 12.4 Å². The van der Waals surface area contributed by atoms with E-state index in [4.69, 9.17) is 16.9 Å². The minimum atomic E-state index is -1.12. The zero-order valence-electron chi connectivity index (χ0n) is 9.28. The number of halogens is 1. The molecule has 0 N–H and O–H groups in total. The standard InChI is InChI=1S/C11H9ClN4OS/c12-9-1-3-10(4-2-9)18(17)6-5-16-8-14-11(7-13)15-16/h1-4,8H,5-6H2/t18-/m0/s1. The first-order chi connectivity index (χ1) is 8.69. The molecule has 0 radical (unpaired) electrons. The van der Waals surface area contributed by atoms with Gasteiger partial charge >= 0.3 is 0 Å². The normalized spacial score (nSPS) is 12.0. The third-order valence-corrected chi connectivity index (χ3v) is 3.82. The Morgan fingerprint density at radius 2 is 2.11 bits per heavy atom. The first-order valence-electron chi connectivity index (χ1n) is 5.12. The zero-order valence-corrected chi connectivity index (χ0v) is 10.9. The molecule has 0 aliphatic heterocycles. The zero-order chi connectivity index (χ0) is 13.0. The van der Waals surface area contributed by atoms with Crippen LogP contribution >= 0.6 is 11.6 Å². The number of aromatic nitrogens is 3. The van der Waals surface area contributed by atoms with Gasteiger partial charge in [0.15, 0.2) is 0 Å². The summed E-state index contributed by atoms with van der Waals surface area (Å²) in [7, 11) is -1.12. The van der Waals surface area contributed by atoms with Gasteiger partial charge in [-0.1, -0.05) is 11.6 Å². The van der Waals surface area contributed by atoms with Crippen molar-refractivity contribution in [3.8, 4) is 6.07 Å². The van der Waals surface area contributed by atoms with Gasteiger partial charge in [0.2, 0.25) is 0 Å². The first kappa shape index (κ1) is 12.7. The highest BCUT2D eigenvalue weighted by atomic mass is 35.5. The van der Waals surface area contributed by atoms with E-state index >= 15 is 0 Å². The highest BCUT2D eigenvalue weighted by Gasteiger charge is 2.05. The molecule has 0 spiro atoms. The second-order valence-electron chi connectivity index (χ2n) is 3.45. The van der Waals surface area contributed by atoms with E-state index < -0.39 is 10.8 Å². The quantitative estimate of drug-likeness (QED) is 0.853. The van der Waals surface area contributed by atoms with Gasteiger partial charge in [-0.15, -0.1) is 5.10 Å². The van der Waals surface area contributed by atoms with Gasteiger partial charge < -0.3 is 0 Å². The lowest BCUT2D eigenvalue weighted by Gasteiger charge is -2.02. The van der Waals surface area contributed by atoms with Crippen LogP contribution in [0.4, 0.5) is 0 Å². The van der Waals surface area contributed by atoms with E-state index in [0.717, 1.165) is 4.90 Å². The summed E-state index contributed by atoms with van der Waals surface area (Å²) in [5.74, 6) is 0.530. The summed E-state index contributed by atoms with van der Waals surface area (Å²) in [6.07, 6.45) is 1.46. The van der Waals surface area contributed by atoms with Gasteiger partial charge in [-0.25, -0.2) is 4.98 Å². The molecule has 7 heteroatoms. The Morgan fingerprint density at radius 3 is 2.72 bits per heavy atom. The van der Waals surface area contributed by atoms with Crippen LogP contribution in [0.15, 0.2) is 35.5 Å². The number of aryl methyl sites for hydroxylation is 1. The van der Waals surface area contributed by atoms with Crippen molar-refractivity contribution in [3.05, 3.63) is 41.4 Å². The van der Waals surface area contributed by atoms with Crippen molar-refractivity contribution in [1.82, 2.24) is 14.8 Å². The lowest BCUT2D eigenvalue weighted by atomic mass is 10.4. The molecule has 1 atom stereocenters. The summed E-state index contributed by atoms with van der Waals surface area (Å²) in [4.78, 5) is 4.49. The molecule has 1 aromatic heterocycles. The van der Waals surface area contributed by atoms with Gasteiger partial charge in [0.05, 0.1) is 17.3 Å². The number of hydrogen-bond acceptors (Lipinski definition) is 4. The van der Waals surface area contributed by atoms with Crippen LogP contribution in [0.2, 0.25) is 5.02 Å². The maximum atomic E-state index is 11.9. The molecule has 0 aliphatic rings. The molecule has 0 amide bonds. The molecule has 5 nitrogen and oxygen atoms in total. The first-order valence-corrected chi connectivity index (χ1v) is 6.82. The van der Waals surface area contributed by atoms with Crippen molar-refractivity contribution >= 4 is 22.4 Å². The third-order valence-electron chi connectivity index (χ3n) is 2.22. The summed E-state index contributed by atoms with van der Waals surface area (Å²) in [6, 6.07) is 8.73. The fraction of sp³-hybridized carbons (Fsp3) is 0.182. The number of hydrogen-bond donors (Lipinski definition) is 0. The number of nitrogens with zero attached hydrogens (tertiary/aromatic N) is 4. The molecule has 2 rings (SSSR count). The molecule has 0 bridgehead atoms. The Morgan fingerprint density at radius 1 is 1.39 bits per heavy atom. The van der Waals surface area contributed by atoms with Crippen LogP contribution < -0.4 is 0 Å². The van der Waals surface area contributed by atoms with Gasteiger partial charge in [-0.2, -0.15) is 5.26 Å². The van der Waals surface area contributed by atoms with E-state index in [0.29, 0.717) is 17.3 Å². The highest BCUT2D eigenvalue weighted by Crippen LogP contribution is 2.12. The third kappa shape index (κ3) is 3.15. The Kier molecular flexibility index (Phi) is 4.07. The maximum absolute atomic E-state index is 11.9. The van der Waals surface area contributed by atoms with E-state index in [2.05, 4.69) is 10.1 Å². The van der Waals surface area contributed by atoms with Gasteiger partial charge in [0, 0.05) is 15.7 Å². The summed E-state index contributed by atoms with van der Waals surface area (Å²) in [6.45, 7) is 0.448. The minimum absolute atomic E-state index is 0.118. The van der Waals surface area contributed by atoms with Crippen molar-refractivity contribution in [3.63, 3.8) is 0 Å². The van der Waals surface area contributed by atoms with Gasteiger partial charge in [-0.05, 0) is 24.3 Å². The van der Waals surface area contributed by atoms with Crippen LogP contribution in [0.3, 0.4) is 0 Å². The Bertz CT molecular complexity index is 602. The minimum Gasteiger partial charge on any atom is -0.254 e. The molecule has 0 saturated heterocycles. The van der Waals surface area contributed by atoms with E-state index in [1.165, 1.54) is 11.0 Å². The van der Waals surface area contributed by atoms with Crippen LogP contribution in [-0.2, 0) is 17.3 Å². The largest absolute Gasteiger partial charge is 0.254 e. The fourth-order valence-corrected chi connectivity index (χ4v) is 2.49. The van der Waals surface area contributed by atoms with Crippen molar-refractivity contribution in [2.75, 3.05) is 5.75 Å². The van der Waals surface area contributed by atoms with E-state index in [1.54, 1.807) is 24.3 Å². The van der Waals surface area contributed by atoms with Crippen LogP contribution in [0.5, 0.6) is 0 Å². The average molecular weight is 281 g/mol. The second kappa shape index (κ2) is 5.76. The number of nitriles is 1. The number of benzene rings is 1. The molecule has 0 fully saturated rings. The summed E-state index contributed by atoms with van der Waals surface area (Å²) in [5, 5.41) is 13.1. The van der Waals surface area contributed by atoms with Crippen molar-refractivity contribution in [2.24, 2.45) is 0 Å². The molecule has 92 valence electrons. The summed E-state index contributed by atoms with van der Waals surface area (Å²) >= 11 is 5.76. The Hall–Kier alpha value is -1.71. The topological polar surface area (TPSA) is 71.6 Å². The van der Waals surface area contributed by atoms with Crippen molar-refractivity contribution in [1.29, 1.82) is 5.26 Å². The van der Waals surface area contributed by atoms with Crippen LogP contribution in [0, 0.1) is 11.3 Å². The molecular weight excluding hydrogens is 272 g/mol. The predicted molar refractivity (Wildman–Crippen MR) is 67.5 cm³/mol. The molecule has 2 aromatic rings. The fourth-order valence-electron chi connectivity index (χ4n) is 1.33. The highest BCUT2D eigenvalue weighted by molar-refractivity contribution is 7.85. The van der Waals surface area contributed by atoms with Crippen LogP contribution in [0.25, 0.3) is 0 Å². The van der Waals surface area contributed by atoms with Gasteiger partial charge in [0.25, 0.3) is 5.82 Å². The lowest BCUT2D eigenvalue weighted by molar-refractivity contribution is 0.641. The van der Waals surface area contributed by atoms with E-state index in [1.807, 2.05) is 6.07 Å². The molecule has 0 unspecified atom stereocenters. The van der Waals surface area contributed by atoms with Crippen molar-refractivity contribution in [2.45, 2.75) is 11.4 Å². The number of rotatable bonds is 4. The SMILES string of the molecule is N#Cc1ncn(CC[S@](=O)c2ccc(Cl)cc2)n1.